The van der Waals surface area contributed by atoms with Gasteiger partial charge in [0.15, 0.2) is 0 Å². The summed E-state index contributed by atoms with van der Waals surface area (Å²) in [6.45, 7) is 6.58. The molecule has 1 aliphatic carbocycles. The summed E-state index contributed by atoms with van der Waals surface area (Å²) in [5.41, 5.74) is 2.85. The van der Waals surface area contributed by atoms with Gasteiger partial charge in [-0.1, -0.05) is 73.9 Å². The summed E-state index contributed by atoms with van der Waals surface area (Å²) in [5.74, 6) is -1.67. The number of anilines is 1. The molecule has 0 radical (unpaired) electrons. The summed E-state index contributed by atoms with van der Waals surface area (Å²) in [6.07, 6.45) is 8.12. The first-order valence-corrected chi connectivity index (χ1v) is 14.7. The van der Waals surface area contributed by atoms with Crippen LogP contribution in [0.25, 0.3) is 0 Å². The molecular formula is C33H39N3O4. The molecule has 7 nitrogen and oxygen atoms in total. The molecule has 0 aromatic heterocycles. The average molecular weight is 542 g/mol. The van der Waals surface area contributed by atoms with Crippen molar-refractivity contribution in [2.45, 2.75) is 76.7 Å². The van der Waals surface area contributed by atoms with Gasteiger partial charge in [0, 0.05) is 18.3 Å². The molecule has 3 aliphatic heterocycles. The van der Waals surface area contributed by atoms with Gasteiger partial charge in [0.05, 0.1) is 17.9 Å². The largest absolute Gasteiger partial charge is 0.359 e. The van der Waals surface area contributed by atoms with Gasteiger partial charge in [-0.15, -0.1) is 0 Å². The van der Waals surface area contributed by atoms with E-state index in [4.69, 9.17) is 4.74 Å². The molecule has 3 heterocycles. The van der Waals surface area contributed by atoms with Crippen LogP contribution in [0, 0.1) is 31.6 Å². The van der Waals surface area contributed by atoms with Gasteiger partial charge < -0.3 is 20.3 Å². The van der Waals surface area contributed by atoms with Gasteiger partial charge in [-0.3, -0.25) is 14.4 Å². The van der Waals surface area contributed by atoms with Crippen molar-refractivity contribution in [2.24, 2.45) is 17.8 Å². The molecule has 7 heteroatoms. The van der Waals surface area contributed by atoms with Gasteiger partial charge in [-0.05, 0) is 62.3 Å². The molecular weight excluding hydrogens is 502 g/mol. The predicted octanol–water partition coefficient (Wildman–Crippen LogP) is 4.33. The number of carbonyl (C=O) groups is 3. The van der Waals surface area contributed by atoms with E-state index in [-0.39, 0.29) is 23.8 Å². The molecule has 1 saturated carbocycles. The number of amides is 3. The van der Waals surface area contributed by atoms with Gasteiger partial charge in [0.1, 0.15) is 11.6 Å². The van der Waals surface area contributed by atoms with E-state index in [0.29, 0.717) is 24.6 Å². The number of hydrogen-bond acceptors (Lipinski definition) is 4. The maximum atomic E-state index is 14.2. The van der Waals surface area contributed by atoms with Crippen molar-refractivity contribution in [1.29, 1.82) is 0 Å². The summed E-state index contributed by atoms with van der Waals surface area (Å²) in [7, 11) is 0. The highest BCUT2D eigenvalue weighted by atomic mass is 16.5. The lowest BCUT2D eigenvalue weighted by atomic mass is 9.74. The van der Waals surface area contributed by atoms with Crippen molar-refractivity contribution in [2.75, 3.05) is 11.9 Å². The van der Waals surface area contributed by atoms with Gasteiger partial charge in [-0.25, -0.2) is 0 Å². The minimum Gasteiger partial charge on any atom is -0.359 e. The molecule has 3 amide bonds. The second-order valence-electron chi connectivity index (χ2n) is 12.2. The Labute approximate surface area is 236 Å². The summed E-state index contributed by atoms with van der Waals surface area (Å²) in [4.78, 5) is 43.6. The fraction of sp³-hybridized carbons (Fsp3) is 0.485. The van der Waals surface area contributed by atoms with Crippen molar-refractivity contribution in [3.63, 3.8) is 0 Å². The number of benzene rings is 2. The van der Waals surface area contributed by atoms with Crippen LogP contribution >= 0.6 is 0 Å². The zero-order chi connectivity index (χ0) is 28.0. The van der Waals surface area contributed by atoms with E-state index in [9.17, 15) is 14.4 Å². The molecule has 4 aliphatic rings. The fourth-order valence-corrected chi connectivity index (χ4v) is 7.25. The Morgan fingerprint density at radius 2 is 1.80 bits per heavy atom. The summed E-state index contributed by atoms with van der Waals surface area (Å²) >= 11 is 0. The number of aryl methyl sites for hydroxylation is 2. The van der Waals surface area contributed by atoms with Crippen molar-refractivity contribution in [3.05, 3.63) is 77.4 Å². The van der Waals surface area contributed by atoms with E-state index >= 15 is 0 Å². The molecule has 2 N–H and O–H groups in total. The van der Waals surface area contributed by atoms with Crippen LogP contribution in [-0.2, 0) is 25.5 Å². The van der Waals surface area contributed by atoms with E-state index < -0.39 is 29.6 Å². The summed E-state index contributed by atoms with van der Waals surface area (Å²) < 4.78 is 6.50. The van der Waals surface area contributed by atoms with E-state index in [1.807, 2.05) is 50.3 Å². The quantitative estimate of drug-likeness (QED) is 0.511. The first kappa shape index (κ1) is 26.8. The number of carbonyl (C=O) groups excluding carboxylic acids is 3. The standard InChI is InChI=1S/C33H39N3O4/c1-20-11-13-23(14-12-20)16-18-36-29(31(38)35-25-10-5-4-8-22(25)3)33-17-15-26(40-33)27(28(33)32(36)39)30(37)34-24-9-6-7-21(2)19-24/h6-7,9,11-15,17,19,22,25-29H,4-5,8,10,16,18H2,1-3H3,(H,34,37)(H,35,38)/t22-,25+,26+,27-,28+,29+,33+/m1/s1. The Bertz CT molecular complexity index is 1340. The van der Waals surface area contributed by atoms with Crippen LogP contribution in [0.1, 0.15) is 49.3 Å². The smallest absolute Gasteiger partial charge is 0.246 e. The minimum atomic E-state index is -1.15. The van der Waals surface area contributed by atoms with Crippen LogP contribution in [0.2, 0.25) is 0 Å². The van der Waals surface area contributed by atoms with Gasteiger partial charge in [0.2, 0.25) is 17.7 Å². The topological polar surface area (TPSA) is 87.7 Å². The highest BCUT2D eigenvalue weighted by Crippen LogP contribution is 2.55. The minimum absolute atomic E-state index is 0.0775. The van der Waals surface area contributed by atoms with Crippen LogP contribution in [-0.4, -0.2) is 53.0 Å². The molecule has 2 bridgehead atoms. The fourth-order valence-electron chi connectivity index (χ4n) is 7.25. The van der Waals surface area contributed by atoms with Crippen LogP contribution in [0.4, 0.5) is 5.69 Å². The maximum absolute atomic E-state index is 14.2. The lowest BCUT2D eigenvalue weighted by molar-refractivity contribution is -0.141. The molecule has 7 atom stereocenters. The number of hydrogen-bond donors (Lipinski definition) is 2. The molecule has 6 rings (SSSR count). The molecule has 2 saturated heterocycles. The third-order valence-corrected chi connectivity index (χ3v) is 9.41. The Morgan fingerprint density at radius 3 is 2.55 bits per heavy atom. The van der Waals surface area contributed by atoms with Crippen molar-refractivity contribution < 1.29 is 19.1 Å². The first-order chi connectivity index (χ1) is 19.3. The molecule has 40 heavy (non-hydrogen) atoms. The van der Waals surface area contributed by atoms with Crippen molar-refractivity contribution in [1.82, 2.24) is 10.2 Å². The Balaban J connectivity index is 1.30. The molecule has 1 spiro atoms. The molecule has 210 valence electrons. The Hall–Kier alpha value is -3.45. The lowest BCUT2D eigenvalue weighted by Gasteiger charge is -2.36. The normalized spacial score (nSPS) is 32.3. The summed E-state index contributed by atoms with van der Waals surface area (Å²) in [6, 6.07) is 15.1. The van der Waals surface area contributed by atoms with E-state index in [0.717, 1.165) is 30.4 Å². The predicted molar refractivity (Wildman–Crippen MR) is 153 cm³/mol. The molecule has 3 fully saturated rings. The lowest BCUT2D eigenvalue weighted by Crippen LogP contribution is -2.57. The van der Waals surface area contributed by atoms with Gasteiger partial charge in [-0.2, -0.15) is 0 Å². The number of ether oxygens (including phenoxy) is 1. The second kappa shape index (κ2) is 10.5. The summed E-state index contributed by atoms with van der Waals surface area (Å²) in [5, 5.41) is 6.31. The molecule has 0 unspecified atom stereocenters. The third-order valence-electron chi connectivity index (χ3n) is 9.41. The van der Waals surface area contributed by atoms with Crippen LogP contribution in [0.3, 0.4) is 0 Å². The number of likely N-dealkylation sites (tertiary alicyclic amines) is 1. The Morgan fingerprint density at radius 1 is 1.02 bits per heavy atom. The maximum Gasteiger partial charge on any atom is 0.246 e. The van der Waals surface area contributed by atoms with Crippen LogP contribution in [0.15, 0.2) is 60.7 Å². The van der Waals surface area contributed by atoms with E-state index in [1.54, 1.807) is 4.90 Å². The zero-order valence-corrected chi connectivity index (χ0v) is 23.6. The number of fused-ring (bicyclic) bond motifs is 1. The Kier molecular flexibility index (Phi) is 7.03. The zero-order valence-electron chi connectivity index (χ0n) is 23.6. The van der Waals surface area contributed by atoms with Gasteiger partial charge in [0.25, 0.3) is 0 Å². The number of nitrogens with zero attached hydrogens (tertiary/aromatic N) is 1. The highest BCUT2D eigenvalue weighted by Gasteiger charge is 2.72. The van der Waals surface area contributed by atoms with Gasteiger partial charge >= 0.3 is 0 Å². The van der Waals surface area contributed by atoms with E-state index in [2.05, 4.69) is 41.8 Å². The first-order valence-electron chi connectivity index (χ1n) is 14.7. The van der Waals surface area contributed by atoms with Crippen molar-refractivity contribution in [3.8, 4) is 0 Å². The SMILES string of the molecule is Cc1ccc(CCN2C(=O)[C@@H]3[C@H](C(=O)Nc4cccc(C)c4)[C@@H]4C=C[C@@]3(O4)[C@@H]2C(=O)N[C@H]2CCCC[C@H]2C)cc1. The highest BCUT2D eigenvalue weighted by molar-refractivity contribution is 6.02. The number of rotatable bonds is 7. The molecule has 2 aromatic rings. The van der Waals surface area contributed by atoms with Crippen molar-refractivity contribution >= 4 is 23.4 Å². The van der Waals surface area contributed by atoms with Crippen LogP contribution < -0.4 is 10.6 Å². The second-order valence-corrected chi connectivity index (χ2v) is 12.2. The molecule has 2 aromatic carbocycles. The van der Waals surface area contributed by atoms with E-state index in [1.165, 1.54) is 12.0 Å². The third kappa shape index (κ3) is 4.64. The van der Waals surface area contributed by atoms with Crippen LogP contribution in [0.5, 0.6) is 0 Å². The monoisotopic (exact) mass is 541 g/mol. The average Bonchev–Trinajstić information content (AvgIpc) is 3.57. The number of nitrogens with one attached hydrogen (secondary N) is 2.